The topological polar surface area (TPSA) is 115 Å². The summed E-state index contributed by atoms with van der Waals surface area (Å²) in [6.07, 6.45) is 4.01. The number of Topliss-reactive ketones (excluding diaryl/α,β-unsaturated/α-hetero) is 1. The number of rotatable bonds is 2. The van der Waals surface area contributed by atoms with E-state index in [1.807, 2.05) is 0 Å². The van der Waals surface area contributed by atoms with Gasteiger partial charge >= 0.3 is 0 Å². The van der Waals surface area contributed by atoms with Gasteiger partial charge in [0.25, 0.3) is 0 Å². The second-order valence-electron chi connectivity index (χ2n) is 9.03. The maximum atomic E-state index is 16.7. The molecular weight excluding hydrogens is 367 g/mol. The van der Waals surface area contributed by atoms with Crippen LogP contribution in [0.2, 0.25) is 0 Å². The summed E-state index contributed by atoms with van der Waals surface area (Å²) in [6, 6.07) is 0. The minimum atomic E-state index is -2.27. The molecule has 7 heteroatoms. The highest BCUT2D eigenvalue weighted by Gasteiger charge is 2.75. The van der Waals surface area contributed by atoms with Crippen molar-refractivity contribution in [1.29, 1.82) is 0 Å². The van der Waals surface area contributed by atoms with Crippen molar-refractivity contribution in [2.24, 2.45) is 22.7 Å². The minimum absolute atomic E-state index is 0.0378. The molecule has 0 spiro atoms. The number of carbonyl (C=O) groups excluding carboxylic acids is 2. The number of halogens is 1. The van der Waals surface area contributed by atoms with Gasteiger partial charge in [-0.3, -0.25) is 9.59 Å². The predicted molar refractivity (Wildman–Crippen MR) is 96.7 cm³/mol. The largest absolute Gasteiger partial charge is 0.390 e. The number of ketones is 2. The van der Waals surface area contributed by atoms with Gasteiger partial charge in [-0.15, -0.1) is 0 Å². The first kappa shape index (κ1) is 19.6. The smallest absolute Gasteiger partial charge is 0.192 e. The third kappa shape index (κ3) is 1.95. The van der Waals surface area contributed by atoms with Gasteiger partial charge in [0.1, 0.15) is 6.61 Å². The Bertz CT molecular complexity index is 848. The minimum Gasteiger partial charge on any atom is -0.390 e. The second-order valence-corrected chi connectivity index (χ2v) is 9.03. The number of aliphatic hydroxyl groups excluding tert-OH is 3. The molecule has 2 fully saturated rings. The van der Waals surface area contributed by atoms with Gasteiger partial charge in [-0.05, 0) is 43.4 Å². The lowest BCUT2D eigenvalue weighted by atomic mass is 9.46. The lowest BCUT2D eigenvalue weighted by Crippen LogP contribution is -2.69. The Morgan fingerprint density at radius 1 is 1.25 bits per heavy atom. The normalized spacial score (nSPS) is 52.0. The van der Waals surface area contributed by atoms with Crippen molar-refractivity contribution in [2.45, 2.75) is 50.2 Å². The molecule has 0 aromatic rings. The second kappa shape index (κ2) is 5.69. The van der Waals surface area contributed by atoms with E-state index in [1.54, 1.807) is 26.0 Å². The molecule has 0 aliphatic heterocycles. The lowest BCUT2D eigenvalue weighted by Gasteiger charge is -2.60. The highest BCUT2D eigenvalue weighted by molar-refractivity contribution is 6.01. The molecule has 0 aromatic heterocycles. The Morgan fingerprint density at radius 3 is 2.57 bits per heavy atom. The van der Waals surface area contributed by atoms with Crippen LogP contribution >= 0.6 is 0 Å². The van der Waals surface area contributed by atoms with Crippen LogP contribution in [0.15, 0.2) is 36.0 Å². The van der Waals surface area contributed by atoms with Gasteiger partial charge in [0.15, 0.2) is 22.8 Å². The van der Waals surface area contributed by atoms with Crippen molar-refractivity contribution in [3.05, 3.63) is 36.0 Å². The van der Waals surface area contributed by atoms with Crippen LogP contribution in [0.5, 0.6) is 0 Å². The van der Waals surface area contributed by atoms with Gasteiger partial charge in [0, 0.05) is 16.7 Å². The van der Waals surface area contributed by atoms with Crippen LogP contribution in [-0.4, -0.2) is 62.1 Å². The Balaban J connectivity index is 1.88. The molecule has 152 valence electrons. The standard InChI is InChI=1S/C21H25FO6/c1-18-6-5-12(24)7-11(18)3-4-13-14-8-15(25)21(28,17(27)10-23)19(14,2)9-16(26)20(13,18)22/h3-7,13-16,23,25-26,28H,8-10H2,1-2H3/t13-,14-,15+,16-,18-,19-,20?,21-/m0/s1. The van der Waals surface area contributed by atoms with E-state index in [0.29, 0.717) is 5.57 Å². The number of alkyl halides is 1. The van der Waals surface area contributed by atoms with E-state index in [4.69, 9.17) is 0 Å². The lowest BCUT2D eigenvalue weighted by molar-refractivity contribution is -0.209. The molecule has 4 aliphatic carbocycles. The average Bonchev–Trinajstić information content (AvgIpc) is 2.84. The third-order valence-electron chi connectivity index (χ3n) is 8.00. The van der Waals surface area contributed by atoms with Crippen molar-refractivity contribution in [3.8, 4) is 0 Å². The van der Waals surface area contributed by atoms with Gasteiger partial charge in [-0.2, -0.15) is 0 Å². The zero-order valence-electron chi connectivity index (χ0n) is 15.8. The maximum absolute atomic E-state index is 16.7. The summed E-state index contributed by atoms with van der Waals surface area (Å²) in [4.78, 5) is 24.1. The zero-order chi connectivity index (χ0) is 20.7. The molecule has 0 bridgehead atoms. The average molecular weight is 392 g/mol. The Kier molecular flexibility index (Phi) is 3.99. The van der Waals surface area contributed by atoms with E-state index in [1.165, 1.54) is 18.2 Å². The van der Waals surface area contributed by atoms with Crippen molar-refractivity contribution in [2.75, 3.05) is 6.61 Å². The van der Waals surface area contributed by atoms with Crippen LogP contribution in [0.3, 0.4) is 0 Å². The van der Waals surface area contributed by atoms with Gasteiger partial charge in [-0.25, -0.2) is 4.39 Å². The molecule has 4 rings (SSSR count). The number of allylic oxidation sites excluding steroid dienone is 6. The monoisotopic (exact) mass is 392 g/mol. The van der Waals surface area contributed by atoms with E-state index in [0.717, 1.165) is 0 Å². The summed E-state index contributed by atoms with van der Waals surface area (Å²) in [5.41, 5.74) is -6.56. The SMILES string of the molecule is C[C@]12C=CC(=O)C=C1C=C[C@H]1[C@@H]3C[C@@H](O)[C@](O)(C(=O)CO)[C@@]3(C)C[C@H](O)C12F. The van der Waals surface area contributed by atoms with Crippen molar-refractivity contribution < 1.29 is 34.4 Å². The van der Waals surface area contributed by atoms with Crippen LogP contribution < -0.4 is 0 Å². The summed E-state index contributed by atoms with van der Waals surface area (Å²) in [7, 11) is 0. The first-order valence-electron chi connectivity index (χ1n) is 9.52. The molecule has 4 N–H and O–H groups in total. The van der Waals surface area contributed by atoms with E-state index in [-0.39, 0.29) is 18.6 Å². The highest BCUT2D eigenvalue weighted by atomic mass is 19.1. The Morgan fingerprint density at radius 2 is 1.93 bits per heavy atom. The summed E-state index contributed by atoms with van der Waals surface area (Å²) < 4.78 is 16.7. The van der Waals surface area contributed by atoms with E-state index < -0.39 is 58.5 Å². The molecular formula is C21H25FO6. The first-order valence-corrected chi connectivity index (χ1v) is 9.52. The Labute approximate surface area is 162 Å². The number of carbonyl (C=O) groups is 2. The highest BCUT2D eigenvalue weighted by Crippen LogP contribution is 2.68. The van der Waals surface area contributed by atoms with Crippen LogP contribution in [0.1, 0.15) is 26.7 Å². The molecule has 8 atom stereocenters. The van der Waals surface area contributed by atoms with Crippen LogP contribution in [0.4, 0.5) is 4.39 Å². The summed E-state index contributed by atoms with van der Waals surface area (Å²) in [6.45, 7) is 2.23. The fraction of sp³-hybridized carbons (Fsp3) is 0.619. The fourth-order valence-corrected chi connectivity index (χ4v) is 6.31. The summed E-state index contributed by atoms with van der Waals surface area (Å²) in [5, 5.41) is 42.0. The Hall–Kier alpha value is -1.67. The molecule has 28 heavy (non-hydrogen) atoms. The molecule has 6 nitrogen and oxygen atoms in total. The van der Waals surface area contributed by atoms with Crippen LogP contribution in [0.25, 0.3) is 0 Å². The maximum Gasteiger partial charge on any atom is 0.192 e. The molecule has 4 aliphatic rings. The molecule has 0 radical (unpaired) electrons. The van der Waals surface area contributed by atoms with Crippen molar-refractivity contribution in [3.63, 3.8) is 0 Å². The molecule has 0 amide bonds. The van der Waals surface area contributed by atoms with Crippen molar-refractivity contribution >= 4 is 11.6 Å². The molecule has 1 unspecified atom stereocenters. The molecule has 0 aromatic carbocycles. The van der Waals surface area contributed by atoms with Crippen LogP contribution in [0, 0.1) is 22.7 Å². The molecule has 2 saturated carbocycles. The predicted octanol–water partition coefficient (Wildman–Crippen LogP) is 0.397. The summed E-state index contributed by atoms with van der Waals surface area (Å²) in [5.74, 6) is -2.72. The first-order chi connectivity index (χ1) is 13.0. The molecule has 0 heterocycles. The van der Waals surface area contributed by atoms with Gasteiger partial charge in [0.05, 0.1) is 12.2 Å². The van der Waals surface area contributed by atoms with Crippen molar-refractivity contribution in [1.82, 2.24) is 0 Å². The van der Waals surface area contributed by atoms with E-state index in [9.17, 15) is 30.0 Å². The van der Waals surface area contributed by atoms with Gasteiger partial charge < -0.3 is 20.4 Å². The number of aliphatic hydroxyl groups is 4. The molecule has 0 saturated heterocycles. The number of fused-ring (bicyclic) bond motifs is 5. The quantitative estimate of drug-likeness (QED) is 0.541. The zero-order valence-corrected chi connectivity index (χ0v) is 15.8. The van der Waals surface area contributed by atoms with Gasteiger partial charge in [-0.1, -0.05) is 25.2 Å². The third-order valence-corrected chi connectivity index (χ3v) is 8.00. The fourth-order valence-electron chi connectivity index (χ4n) is 6.31. The van der Waals surface area contributed by atoms with E-state index >= 15 is 4.39 Å². The van der Waals surface area contributed by atoms with Gasteiger partial charge in [0.2, 0.25) is 0 Å². The number of hydrogen-bond donors (Lipinski definition) is 4. The summed E-state index contributed by atoms with van der Waals surface area (Å²) >= 11 is 0. The van der Waals surface area contributed by atoms with Crippen LogP contribution in [-0.2, 0) is 9.59 Å². The van der Waals surface area contributed by atoms with E-state index in [2.05, 4.69) is 0 Å². The number of hydrogen-bond acceptors (Lipinski definition) is 6.